The van der Waals surface area contributed by atoms with Crippen LogP contribution in [0.2, 0.25) is 0 Å². The van der Waals surface area contributed by atoms with Crippen molar-refractivity contribution in [2.24, 2.45) is 0 Å². The Hall–Kier alpha value is -1.12. The largest absolute Gasteiger partial charge is 0.399 e. The molecule has 0 aliphatic rings. The summed E-state index contributed by atoms with van der Waals surface area (Å²) in [6.45, 7) is 5.60. The summed E-state index contributed by atoms with van der Waals surface area (Å²) in [6, 6.07) is 4.53. The first-order chi connectivity index (χ1) is 9.51. The minimum atomic E-state index is -3.71. The number of hydrogen-bond acceptors (Lipinski definition) is 4. The third-order valence-corrected chi connectivity index (χ3v) is 4.86. The highest BCUT2D eigenvalue weighted by Gasteiger charge is 2.19. The predicted octanol–water partition coefficient (Wildman–Crippen LogP) is 1.61. The molecule has 4 N–H and O–H groups in total. The van der Waals surface area contributed by atoms with E-state index < -0.39 is 10.0 Å². The van der Waals surface area contributed by atoms with Gasteiger partial charge in [0.25, 0.3) is 0 Å². The van der Waals surface area contributed by atoms with E-state index in [0.717, 1.165) is 0 Å². The van der Waals surface area contributed by atoms with Crippen molar-refractivity contribution in [1.29, 1.82) is 0 Å². The zero-order chi connectivity index (χ0) is 16.3. The van der Waals surface area contributed by atoms with Crippen LogP contribution in [0.15, 0.2) is 27.6 Å². The number of rotatable bonds is 5. The van der Waals surface area contributed by atoms with Crippen molar-refractivity contribution in [2.75, 3.05) is 12.3 Å². The van der Waals surface area contributed by atoms with Crippen LogP contribution in [0, 0.1) is 0 Å². The lowest BCUT2D eigenvalue weighted by Gasteiger charge is -2.20. The Morgan fingerprint density at radius 3 is 2.52 bits per heavy atom. The fourth-order valence-electron chi connectivity index (χ4n) is 1.58. The minimum Gasteiger partial charge on any atom is -0.399 e. The highest BCUT2D eigenvalue weighted by molar-refractivity contribution is 9.10. The molecule has 0 aliphatic heterocycles. The minimum absolute atomic E-state index is 0.0193. The lowest BCUT2D eigenvalue weighted by molar-refractivity contribution is -0.122. The molecule has 0 unspecified atom stereocenters. The second kappa shape index (κ2) is 6.76. The molecule has 21 heavy (non-hydrogen) atoms. The van der Waals surface area contributed by atoms with Gasteiger partial charge in [-0.2, -0.15) is 0 Å². The number of carbonyl (C=O) groups is 1. The van der Waals surface area contributed by atoms with Gasteiger partial charge in [-0.1, -0.05) is 0 Å². The smallest absolute Gasteiger partial charge is 0.241 e. The Morgan fingerprint density at radius 2 is 1.95 bits per heavy atom. The third kappa shape index (κ3) is 6.03. The first-order valence-electron chi connectivity index (χ1n) is 6.37. The third-order valence-electron chi connectivity index (χ3n) is 2.40. The highest BCUT2D eigenvalue weighted by atomic mass is 79.9. The summed E-state index contributed by atoms with van der Waals surface area (Å²) in [5.74, 6) is -0.211. The Labute approximate surface area is 133 Å². The van der Waals surface area contributed by atoms with Crippen LogP contribution < -0.4 is 15.8 Å². The van der Waals surface area contributed by atoms with E-state index in [2.05, 4.69) is 26.0 Å². The summed E-state index contributed by atoms with van der Waals surface area (Å²) in [5, 5.41) is 2.76. The molecule has 6 nitrogen and oxygen atoms in total. The van der Waals surface area contributed by atoms with Crippen LogP contribution in [0.5, 0.6) is 0 Å². The molecule has 0 heterocycles. The van der Waals surface area contributed by atoms with Crippen LogP contribution in [-0.4, -0.2) is 26.4 Å². The van der Waals surface area contributed by atoms with E-state index in [1.54, 1.807) is 12.1 Å². The fourth-order valence-corrected chi connectivity index (χ4v) is 3.61. The molecule has 0 bridgehead atoms. The zero-order valence-corrected chi connectivity index (χ0v) is 14.6. The number of nitrogens with two attached hydrogens (primary N) is 1. The fraction of sp³-hybridized carbons (Fsp3) is 0.462. The lowest BCUT2D eigenvalue weighted by Crippen LogP contribution is -2.41. The van der Waals surface area contributed by atoms with Gasteiger partial charge in [0.2, 0.25) is 15.9 Å². The molecule has 0 radical (unpaired) electrons. The number of benzene rings is 1. The summed E-state index contributed by atoms with van der Waals surface area (Å²) in [4.78, 5) is 11.7. The summed E-state index contributed by atoms with van der Waals surface area (Å²) in [7, 11) is -3.71. The number of amides is 1. The number of sulfonamides is 1. The second-order valence-corrected chi connectivity index (χ2v) is 8.23. The maximum atomic E-state index is 12.1. The van der Waals surface area contributed by atoms with Gasteiger partial charge >= 0.3 is 0 Å². The van der Waals surface area contributed by atoms with Crippen molar-refractivity contribution in [3.05, 3.63) is 22.7 Å². The van der Waals surface area contributed by atoms with Gasteiger partial charge in [0.15, 0.2) is 0 Å². The maximum absolute atomic E-state index is 12.1. The van der Waals surface area contributed by atoms with Crippen molar-refractivity contribution >= 4 is 37.5 Å². The molecule has 0 fully saturated rings. The number of nitrogens with one attached hydrogen (secondary N) is 2. The van der Waals surface area contributed by atoms with Gasteiger partial charge in [0.05, 0.1) is 4.90 Å². The Morgan fingerprint density at radius 1 is 1.33 bits per heavy atom. The van der Waals surface area contributed by atoms with Gasteiger partial charge in [-0.3, -0.25) is 4.79 Å². The van der Waals surface area contributed by atoms with Gasteiger partial charge in [-0.25, -0.2) is 13.1 Å². The van der Waals surface area contributed by atoms with Crippen LogP contribution in [0.3, 0.4) is 0 Å². The molecular weight excluding hydrogens is 358 g/mol. The molecule has 1 rings (SSSR count). The summed E-state index contributed by atoms with van der Waals surface area (Å²) in [5.41, 5.74) is 5.60. The average Bonchev–Trinajstić information content (AvgIpc) is 2.29. The van der Waals surface area contributed by atoms with Crippen LogP contribution in [-0.2, 0) is 14.8 Å². The van der Waals surface area contributed by atoms with Gasteiger partial charge < -0.3 is 11.1 Å². The molecule has 1 aromatic carbocycles. The van der Waals surface area contributed by atoms with E-state index in [0.29, 0.717) is 10.2 Å². The molecule has 0 aromatic heterocycles. The Balaban J connectivity index is 2.66. The number of hydrogen-bond donors (Lipinski definition) is 3. The second-order valence-electron chi connectivity index (χ2n) is 5.64. The van der Waals surface area contributed by atoms with E-state index in [1.165, 1.54) is 6.07 Å². The standard InChI is InChI=1S/C13H20BrN3O3S/c1-13(2,3)17-12(18)6-7-16-21(19,20)11-8-9(15)4-5-10(11)14/h4-5,8,16H,6-7,15H2,1-3H3,(H,17,18). The normalized spacial score (nSPS) is 12.2. The molecule has 1 amide bonds. The topological polar surface area (TPSA) is 101 Å². The number of nitrogen functional groups attached to an aromatic ring is 1. The van der Waals surface area contributed by atoms with Crippen molar-refractivity contribution in [2.45, 2.75) is 37.6 Å². The molecule has 0 atom stereocenters. The molecular formula is C13H20BrN3O3S. The van der Waals surface area contributed by atoms with Crippen molar-refractivity contribution in [3.63, 3.8) is 0 Å². The monoisotopic (exact) mass is 377 g/mol. The maximum Gasteiger partial charge on any atom is 0.241 e. The van der Waals surface area contributed by atoms with E-state index in [4.69, 9.17) is 5.73 Å². The average molecular weight is 378 g/mol. The first-order valence-corrected chi connectivity index (χ1v) is 8.64. The van der Waals surface area contributed by atoms with Gasteiger partial charge in [0, 0.05) is 28.7 Å². The van der Waals surface area contributed by atoms with Crippen LogP contribution in [0.4, 0.5) is 5.69 Å². The van der Waals surface area contributed by atoms with Gasteiger partial charge in [-0.05, 0) is 54.9 Å². The van der Waals surface area contributed by atoms with Gasteiger partial charge in [0.1, 0.15) is 0 Å². The zero-order valence-electron chi connectivity index (χ0n) is 12.2. The van der Waals surface area contributed by atoms with Crippen LogP contribution >= 0.6 is 15.9 Å². The molecule has 0 saturated heterocycles. The quantitative estimate of drug-likeness (QED) is 0.678. The molecule has 0 saturated carbocycles. The summed E-state index contributed by atoms with van der Waals surface area (Å²) >= 11 is 3.17. The molecule has 8 heteroatoms. The summed E-state index contributed by atoms with van der Waals surface area (Å²) in [6.07, 6.45) is 0.0659. The van der Waals surface area contributed by atoms with Crippen molar-refractivity contribution in [1.82, 2.24) is 10.0 Å². The Bertz CT molecular complexity index is 624. The number of carbonyl (C=O) groups excluding carboxylic acids is 1. The number of halogens is 1. The Kier molecular flexibility index (Phi) is 5.77. The molecule has 1 aromatic rings. The number of anilines is 1. The SMILES string of the molecule is CC(C)(C)NC(=O)CCNS(=O)(=O)c1cc(N)ccc1Br. The summed E-state index contributed by atoms with van der Waals surface area (Å²) < 4.78 is 27.1. The van der Waals surface area contributed by atoms with Gasteiger partial charge in [-0.15, -0.1) is 0 Å². The predicted molar refractivity (Wildman–Crippen MR) is 86.3 cm³/mol. The van der Waals surface area contributed by atoms with E-state index in [-0.39, 0.29) is 29.3 Å². The van der Waals surface area contributed by atoms with E-state index in [9.17, 15) is 13.2 Å². The first kappa shape index (κ1) is 17.9. The highest BCUT2D eigenvalue weighted by Crippen LogP contribution is 2.23. The van der Waals surface area contributed by atoms with Crippen LogP contribution in [0.25, 0.3) is 0 Å². The van der Waals surface area contributed by atoms with E-state index in [1.807, 2.05) is 20.8 Å². The molecule has 0 spiro atoms. The molecule has 118 valence electrons. The lowest BCUT2D eigenvalue weighted by atomic mass is 10.1. The van der Waals surface area contributed by atoms with E-state index >= 15 is 0 Å². The van der Waals surface area contributed by atoms with Crippen molar-refractivity contribution in [3.8, 4) is 0 Å². The molecule has 0 aliphatic carbocycles. The van der Waals surface area contributed by atoms with Crippen LogP contribution in [0.1, 0.15) is 27.2 Å². The van der Waals surface area contributed by atoms with Crippen molar-refractivity contribution < 1.29 is 13.2 Å².